The van der Waals surface area contributed by atoms with Crippen molar-refractivity contribution in [2.45, 2.75) is 83.5 Å². The summed E-state index contributed by atoms with van der Waals surface area (Å²) in [6, 6.07) is 35.4. The van der Waals surface area contributed by atoms with E-state index < -0.39 is 0 Å². The summed E-state index contributed by atoms with van der Waals surface area (Å²) in [4.78, 5) is 0. The van der Waals surface area contributed by atoms with Gasteiger partial charge in [-0.05, 0) is 70.2 Å². The Balaban J connectivity index is 1.59. The summed E-state index contributed by atoms with van der Waals surface area (Å²) >= 11 is 0. The van der Waals surface area contributed by atoms with Crippen molar-refractivity contribution in [3.8, 4) is 11.1 Å². The lowest BCUT2D eigenvalue weighted by molar-refractivity contribution is 0.666. The van der Waals surface area contributed by atoms with Gasteiger partial charge in [-0.3, -0.25) is 0 Å². The molecule has 1 aliphatic carbocycles. The van der Waals surface area contributed by atoms with Crippen molar-refractivity contribution < 1.29 is 0 Å². The van der Waals surface area contributed by atoms with Crippen molar-refractivity contribution in [3.05, 3.63) is 124 Å². The van der Waals surface area contributed by atoms with Crippen LogP contribution in [-0.4, -0.2) is 7.85 Å². The minimum atomic E-state index is -0.292. The molecule has 4 aromatic carbocycles. The Labute approximate surface area is 231 Å². The molecule has 0 atom stereocenters. The fourth-order valence-corrected chi connectivity index (χ4v) is 6.54. The third kappa shape index (κ3) is 5.13. The van der Waals surface area contributed by atoms with E-state index in [4.69, 9.17) is 0 Å². The molecule has 38 heavy (non-hydrogen) atoms. The van der Waals surface area contributed by atoms with E-state index in [9.17, 15) is 0 Å². The monoisotopic (exact) mass is 498 g/mol. The number of unbranched alkanes of at least 4 members (excludes halogenated alkanes) is 6. The van der Waals surface area contributed by atoms with Gasteiger partial charge in [0.05, 0.1) is 5.41 Å². The Morgan fingerprint density at radius 1 is 0.526 bits per heavy atom. The first-order chi connectivity index (χ1) is 18.7. The molecular formula is C37H43B. The van der Waals surface area contributed by atoms with E-state index in [0.29, 0.717) is 0 Å². The van der Waals surface area contributed by atoms with Gasteiger partial charge in [-0.2, -0.15) is 0 Å². The topological polar surface area (TPSA) is 0 Å². The highest BCUT2D eigenvalue weighted by Crippen LogP contribution is 2.55. The molecule has 0 radical (unpaired) electrons. The molecule has 0 fully saturated rings. The summed E-state index contributed by atoms with van der Waals surface area (Å²) in [6.07, 6.45) is 12.8. The second-order valence-electron chi connectivity index (χ2n) is 11.4. The Hall–Kier alpha value is -3.06. The normalized spacial score (nSPS) is 13.3. The van der Waals surface area contributed by atoms with E-state index in [1.54, 1.807) is 0 Å². The molecule has 194 valence electrons. The molecule has 0 aromatic heterocycles. The fourth-order valence-electron chi connectivity index (χ4n) is 6.54. The van der Waals surface area contributed by atoms with Crippen LogP contribution in [0.2, 0.25) is 0 Å². The van der Waals surface area contributed by atoms with E-state index >= 15 is 0 Å². The largest absolute Gasteiger partial charge is 0.139 e. The smallest absolute Gasteiger partial charge is 0.0886 e. The van der Waals surface area contributed by atoms with Crippen LogP contribution in [0.1, 0.15) is 98.6 Å². The third-order valence-electron chi connectivity index (χ3n) is 8.61. The van der Waals surface area contributed by atoms with Crippen LogP contribution in [0.15, 0.2) is 91.0 Å². The maximum absolute atomic E-state index is 2.44. The maximum Gasteiger partial charge on any atom is 0.139 e. The second-order valence-corrected chi connectivity index (χ2v) is 11.4. The van der Waals surface area contributed by atoms with Crippen LogP contribution in [0.4, 0.5) is 0 Å². The molecule has 5 rings (SSSR count). The molecule has 1 aliphatic rings. The molecule has 0 unspecified atom stereocenters. The van der Waals surface area contributed by atoms with E-state index in [1.807, 2.05) is 0 Å². The highest BCUT2D eigenvalue weighted by Gasteiger charge is 2.45. The van der Waals surface area contributed by atoms with Crippen molar-refractivity contribution in [2.75, 3.05) is 0 Å². The number of rotatable bonds is 12. The zero-order valence-corrected chi connectivity index (χ0v) is 23.7. The summed E-state index contributed by atoms with van der Waals surface area (Å²) in [5, 5.41) is 0. The number of aryl methyl sites for hydroxylation is 2. The lowest BCUT2D eigenvalue weighted by atomic mass is 9.67. The Bertz CT molecular complexity index is 1270. The molecule has 0 saturated carbocycles. The van der Waals surface area contributed by atoms with Crippen molar-refractivity contribution >= 4 is 13.3 Å². The Morgan fingerprint density at radius 3 is 1.61 bits per heavy atom. The van der Waals surface area contributed by atoms with Crippen LogP contribution in [0.5, 0.6) is 0 Å². The van der Waals surface area contributed by atoms with Gasteiger partial charge in [0.15, 0.2) is 0 Å². The average molecular weight is 499 g/mol. The predicted molar refractivity (Wildman–Crippen MR) is 168 cm³/mol. The fraction of sp³-hybridized carbons (Fsp3) is 0.351. The maximum atomic E-state index is 2.44. The lowest BCUT2D eigenvalue weighted by Gasteiger charge is -2.34. The molecule has 0 heterocycles. The molecule has 1 heteroatoms. The van der Waals surface area contributed by atoms with E-state index in [-0.39, 0.29) is 5.41 Å². The van der Waals surface area contributed by atoms with Crippen molar-refractivity contribution in [1.82, 2.24) is 0 Å². The minimum Gasteiger partial charge on any atom is -0.0886 e. The Morgan fingerprint density at radius 2 is 1.05 bits per heavy atom. The molecule has 0 spiro atoms. The van der Waals surface area contributed by atoms with Crippen molar-refractivity contribution in [1.29, 1.82) is 0 Å². The molecule has 0 saturated heterocycles. The van der Waals surface area contributed by atoms with Gasteiger partial charge in [0.1, 0.15) is 7.85 Å². The van der Waals surface area contributed by atoms with Crippen LogP contribution in [0, 0.1) is 0 Å². The predicted octanol–water partition coefficient (Wildman–Crippen LogP) is 8.55. The molecular weight excluding hydrogens is 455 g/mol. The SMILES string of the molecule is Bc1ccc2c(c1)C(c1ccc(CCCCCC)cc1)(c1ccc(CCCCCC)cc1)c1ccccc1-2. The molecule has 0 bridgehead atoms. The summed E-state index contributed by atoms with van der Waals surface area (Å²) in [5.74, 6) is 0. The highest BCUT2D eigenvalue weighted by atomic mass is 14.5. The summed E-state index contributed by atoms with van der Waals surface area (Å²) in [7, 11) is 2.23. The third-order valence-corrected chi connectivity index (χ3v) is 8.61. The first kappa shape index (κ1) is 26.5. The van der Waals surface area contributed by atoms with Gasteiger partial charge in [0.25, 0.3) is 0 Å². The van der Waals surface area contributed by atoms with Crippen LogP contribution in [0.3, 0.4) is 0 Å². The minimum absolute atomic E-state index is 0.292. The standard InChI is InChI=1S/C37H43B/c1-3-5-7-9-13-28-17-21-30(22-18-28)37(31-23-19-29(20-24-31)14-10-8-6-4-2)35-16-12-11-15-33(35)34-26-25-32(38)27-36(34)37/h11-12,15-27H,3-10,13-14,38H2,1-2H3. The molecule has 0 amide bonds. The van der Waals surface area contributed by atoms with Crippen molar-refractivity contribution in [2.24, 2.45) is 0 Å². The Kier molecular flexibility index (Phi) is 8.53. The second kappa shape index (κ2) is 12.2. The van der Waals surface area contributed by atoms with Crippen LogP contribution >= 0.6 is 0 Å². The molecule has 0 N–H and O–H groups in total. The van der Waals surface area contributed by atoms with Gasteiger partial charge in [-0.25, -0.2) is 0 Å². The van der Waals surface area contributed by atoms with Crippen LogP contribution in [-0.2, 0) is 18.3 Å². The van der Waals surface area contributed by atoms with E-state index in [2.05, 4.69) is 113 Å². The first-order valence-corrected chi connectivity index (χ1v) is 15.1. The summed E-state index contributed by atoms with van der Waals surface area (Å²) < 4.78 is 0. The van der Waals surface area contributed by atoms with Gasteiger partial charge in [0.2, 0.25) is 0 Å². The van der Waals surface area contributed by atoms with Crippen LogP contribution in [0.25, 0.3) is 11.1 Å². The zero-order valence-electron chi connectivity index (χ0n) is 23.7. The van der Waals surface area contributed by atoms with Gasteiger partial charge in [0, 0.05) is 0 Å². The highest BCUT2D eigenvalue weighted by molar-refractivity contribution is 6.32. The first-order valence-electron chi connectivity index (χ1n) is 15.1. The number of hydrogen-bond acceptors (Lipinski definition) is 0. The zero-order chi connectivity index (χ0) is 26.4. The van der Waals surface area contributed by atoms with Gasteiger partial charge in [-0.1, -0.05) is 149 Å². The van der Waals surface area contributed by atoms with E-state index in [1.165, 1.54) is 114 Å². The molecule has 0 aliphatic heterocycles. The number of benzene rings is 4. The van der Waals surface area contributed by atoms with Crippen molar-refractivity contribution in [3.63, 3.8) is 0 Å². The quantitative estimate of drug-likeness (QED) is 0.119. The number of hydrogen-bond donors (Lipinski definition) is 0. The van der Waals surface area contributed by atoms with Gasteiger partial charge in [-0.15, -0.1) is 0 Å². The molecule has 4 aromatic rings. The van der Waals surface area contributed by atoms with Crippen LogP contribution < -0.4 is 5.46 Å². The average Bonchev–Trinajstić information content (AvgIpc) is 3.24. The summed E-state index contributed by atoms with van der Waals surface area (Å²) in [5.41, 5.74) is 12.3. The van der Waals surface area contributed by atoms with Gasteiger partial charge >= 0.3 is 0 Å². The lowest BCUT2D eigenvalue weighted by Crippen LogP contribution is -2.29. The van der Waals surface area contributed by atoms with Gasteiger partial charge < -0.3 is 0 Å². The van der Waals surface area contributed by atoms with E-state index in [0.717, 1.165) is 0 Å². The summed E-state index contributed by atoms with van der Waals surface area (Å²) in [6.45, 7) is 4.57. The molecule has 0 nitrogen and oxygen atoms in total. The number of fused-ring (bicyclic) bond motifs is 3.